The summed E-state index contributed by atoms with van der Waals surface area (Å²) >= 11 is 10.3. The van der Waals surface area contributed by atoms with Crippen molar-refractivity contribution in [1.29, 1.82) is 0 Å². The van der Waals surface area contributed by atoms with Crippen molar-refractivity contribution in [2.24, 2.45) is 0 Å². The number of nitrogens with zero attached hydrogens (tertiary/aromatic N) is 1. The number of hydrogen-bond acceptors (Lipinski definition) is 4. The Labute approximate surface area is 118 Å². The lowest BCUT2D eigenvalue weighted by Crippen LogP contribution is -2.51. The highest BCUT2D eigenvalue weighted by atomic mass is 79.9. The van der Waals surface area contributed by atoms with Gasteiger partial charge in [0.1, 0.15) is 4.21 Å². The Morgan fingerprint density at radius 2 is 2.35 bits per heavy atom. The summed E-state index contributed by atoms with van der Waals surface area (Å²) in [6.07, 6.45) is 0. The highest BCUT2D eigenvalue weighted by Gasteiger charge is 2.30. The molecule has 1 fully saturated rings. The van der Waals surface area contributed by atoms with Gasteiger partial charge < -0.3 is 5.32 Å². The molecule has 1 N–H and O–H groups in total. The Hall–Kier alpha value is 0.340. The fourth-order valence-corrected chi connectivity index (χ4v) is 5.78. The highest BCUT2D eigenvalue weighted by molar-refractivity contribution is 9.11. The molecule has 1 saturated heterocycles. The second-order valence-corrected chi connectivity index (χ2v) is 8.85. The minimum Gasteiger partial charge on any atom is -0.312 e. The second kappa shape index (κ2) is 5.14. The van der Waals surface area contributed by atoms with Gasteiger partial charge in [0.2, 0.25) is 0 Å². The number of thiophene rings is 1. The van der Waals surface area contributed by atoms with Gasteiger partial charge in [-0.2, -0.15) is 4.31 Å². The van der Waals surface area contributed by atoms with Crippen LogP contribution >= 0.6 is 38.9 Å². The minimum atomic E-state index is -3.40. The molecule has 8 heteroatoms. The molecule has 1 aliphatic heterocycles. The zero-order valence-electron chi connectivity index (χ0n) is 9.11. The molecule has 1 aromatic heterocycles. The summed E-state index contributed by atoms with van der Waals surface area (Å²) in [5, 5.41) is 3.66. The summed E-state index contributed by atoms with van der Waals surface area (Å²) in [5.74, 6) is 0. The third kappa shape index (κ3) is 2.85. The molecule has 1 atom stereocenters. The van der Waals surface area contributed by atoms with Crippen LogP contribution in [0.5, 0.6) is 0 Å². The van der Waals surface area contributed by atoms with Gasteiger partial charge in [-0.05, 0) is 28.9 Å². The first-order valence-corrected chi connectivity index (χ1v) is 8.52. The molecule has 0 aliphatic carbocycles. The standard InChI is InChI=1S/C9H12BrClN2O2S2/c1-6-5-13(3-2-12-6)17(14,15)8-4-7(11)9(10)16-8/h4,6,12H,2-3,5H2,1H3/t6-/m0/s1. The summed E-state index contributed by atoms with van der Waals surface area (Å²) in [4.78, 5) is 0. The average Bonchev–Trinajstić information content (AvgIpc) is 2.60. The van der Waals surface area contributed by atoms with Gasteiger partial charge in [0.05, 0.1) is 8.81 Å². The van der Waals surface area contributed by atoms with Crippen molar-refractivity contribution >= 4 is 48.9 Å². The van der Waals surface area contributed by atoms with Gasteiger partial charge >= 0.3 is 0 Å². The topological polar surface area (TPSA) is 49.4 Å². The second-order valence-electron chi connectivity index (χ2n) is 3.91. The highest BCUT2D eigenvalue weighted by Crippen LogP contribution is 2.36. The third-order valence-electron chi connectivity index (χ3n) is 2.55. The number of sulfonamides is 1. The van der Waals surface area contributed by atoms with Crippen molar-refractivity contribution in [1.82, 2.24) is 9.62 Å². The van der Waals surface area contributed by atoms with E-state index in [0.717, 1.165) is 11.3 Å². The largest absolute Gasteiger partial charge is 0.312 e. The first kappa shape index (κ1) is 13.8. The molecule has 1 aliphatic rings. The predicted molar refractivity (Wildman–Crippen MR) is 73.3 cm³/mol. The zero-order chi connectivity index (χ0) is 12.6. The maximum absolute atomic E-state index is 12.3. The maximum atomic E-state index is 12.3. The number of hydrogen-bond donors (Lipinski definition) is 1. The molecule has 0 bridgehead atoms. The van der Waals surface area contributed by atoms with Crippen LogP contribution in [0, 0.1) is 0 Å². The van der Waals surface area contributed by atoms with Gasteiger partial charge in [-0.1, -0.05) is 11.6 Å². The molecule has 2 heterocycles. The lowest BCUT2D eigenvalue weighted by molar-refractivity contribution is 0.311. The molecule has 2 rings (SSSR count). The Morgan fingerprint density at radius 1 is 1.65 bits per heavy atom. The van der Waals surface area contributed by atoms with Crippen LogP contribution < -0.4 is 5.32 Å². The molecule has 0 spiro atoms. The van der Waals surface area contributed by atoms with Crippen molar-refractivity contribution in [3.63, 3.8) is 0 Å². The zero-order valence-corrected chi connectivity index (χ0v) is 13.1. The number of rotatable bonds is 2. The van der Waals surface area contributed by atoms with E-state index in [1.165, 1.54) is 10.4 Å². The molecular formula is C9H12BrClN2O2S2. The molecule has 1 aromatic rings. The maximum Gasteiger partial charge on any atom is 0.252 e. The van der Waals surface area contributed by atoms with Crippen LogP contribution in [0.15, 0.2) is 14.1 Å². The lowest BCUT2D eigenvalue weighted by atomic mass is 10.3. The molecule has 0 aromatic carbocycles. The van der Waals surface area contributed by atoms with E-state index >= 15 is 0 Å². The van der Waals surface area contributed by atoms with Crippen molar-refractivity contribution in [3.05, 3.63) is 14.9 Å². The molecule has 96 valence electrons. The monoisotopic (exact) mass is 358 g/mol. The average molecular weight is 360 g/mol. The number of halogens is 2. The van der Waals surface area contributed by atoms with E-state index in [1.807, 2.05) is 6.92 Å². The van der Waals surface area contributed by atoms with Gasteiger partial charge in [0.25, 0.3) is 10.0 Å². The van der Waals surface area contributed by atoms with E-state index in [9.17, 15) is 8.42 Å². The first-order valence-electron chi connectivity index (χ1n) is 5.09. The SMILES string of the molecule is C[C@H]1CN(S(=O)(=O)c2cc(Cl)c(Br)s2)CCN1. The predicted octanol–water partition coefficient (Wildman–Crippen LogP) is 2.15. The van der Waals surface area contributed by atoms with E-state index in [1.54, 1.807) is 0 Å². The van der Waals surface area contributed by atoms with Gasteiger partial charge in [-0.3, -0.25) is 0 Å². The summed E-state index contributed by atoms with van der Waals surface area (Å²) in [5.41, 5.74) is 0. The number of piperazine rings is 1. The Bertz CT molecular complexity index is 498. The Morgan fingerprint density at radius 3 is 2.88 bits per heavy atom. The third-order valence-corrected chi connectivity index (χ3v) is 7.34. The minimum absolute atomic E-state index is 0.178. The molecule has 17 heavy (non-hydrogen) atoms. The van der Waals surface area contributed by atoms with Crippen LogP contribution in [0.3, 0.4) is 0 Å². The van der Waals surface area contributed by atoms with Crippen LogP contribution in [0.1, 0.15) is 6.92 Å². The van der Waals surface area contributed by atoms with Crippen molar-refractivity contribution in [2.75, 3.05) is 19.6 Å². The van der Waals surface area contributed by atoms with Gasteiger partial charge in [0, 0.05) is 25.7 Å². The quantitative estimate of drug-likeness (QED) is 0.880. The summed E-state index contributed by atoms with van der Waals surface area (Å²) in [7, 11) is -3.40. The van der Waals surface area contributed by atoms with Gasteiger partial charge in [-0.25, -0.2) is 8.42 Å². The molecular weight excluding hydrogens is 348 g/mol. The van der Waals surface area contributed by atoms with E-state index in [4.69, 9.17) is 11.6 Å². The van der Waals surface area contributed by atoms with Crippen LogP contribution in [-0.2, 0) is 10.0 Å². The molecule has 0 radical (unpaired) electrons. The van der Waals surface area contributed by atoms with Crippen LogP contribution in [0.2, 0.25) is 5.02 Å². The normalized spacial score (nSPS) is 22.9. The molecule has 0 unspecified atom stereocenters. The van der Waals surface area contributed by atoms with E-state index in [2.05, 4.69) is 21.2 Å². The van der Waals surface area contributed by atoms with Gasteiger partial charge in [0.15, 0.2) is 0 Å². The van der Waals surface area contributed by atoms with E-state index in [-0.39, 0.29) is 6.04 Å². The fraction of sp³-hybridized carbons (Fsp3) is 0.556. The van der Waals surface area contributed by atoms with Gasteiger partial charge in [-0.15, -0.1) is 11.3 Å². The Balaban J connectivity index is 2.29. The van der Waals surface area contributed by atoms with Crippen LogP contribution in [0.4, 0.5) is 0 Å². The summed E-state index contributed by atoms with van der Waals surface area (Å²) in [6.45, 7) is 3.65. The Kier molecular flexibility index (Phi) is 4.16. The van der Waals surface area contributed by atoms with Crippen molar-refractivity contribution in [3.8, 4) is 0 Å². The fourth-order valence-electron chi connectivity index (χ4n) is 1.70. The van der Waals surface area contributed by atoms with Crippen molar-refractivity contribution in [2.45, 2.75) is 17.2 Å². The van der Waals surface area contributed by atoms with E-state index in [0.29, 0.717) is 32.7 Å². The van der Waals surface area contributed by atoms with E-state index < -0.39 is 10.0 Å². The van der Waals surface area contributed by atoms with Crippen LogP contribution in [0.25, 0.3) is 0 Å². The van der Waals surface area contributed by atoms with Crippen molar-refractivity contribution < 1.29 is 8.42 Å². The van der Waals surface area contributed by atoms with Crippen LogP contribution in [-0.4, -0.2) is 38.4 Å². The summed E-state index contributed by atoms with van der Waals surface area (Å²) in [6, 6.07) is 1.68. The molecule has 4 nitrogen and oxygen atoms in total. The summed E-state index contributed by atoms with van der Waals surface area (Å²) < 4.78 is 27.1. The number of nitrogens with one attached hydrogen (secondary N) is 1. The molecule has 0 amide bonds. The first-order chi connectivity index (χ1) is 7.91. The molecule has 0 saturated carbocycles. The lowest BCUT2D eigenvalue weighted by Gasteiger charge is -2.30. The smallest absolute Gasteiger partial charge is 0.252 e.